The Morgan fingerprint density at radius 3 is 2.31 bits per heavy atom. The molecule has 18 nitrogen and oxygen atoms in total. The van der Waals surface area contributed by atoms with Gasteiger partial charge in [0.25, 0.3) is 21.2 Å². The van der Waals surface area contributed by atoms with E-state index >= 15 is 0 Å². The summed E-state index contributed by atoms with van der Waals surface area (Å²) in [7, 11) is -17.9. The minimum Gasteiger partial charge on any atom is -0.790 e. The van der Waals surface area contributed by atoms with Crippen LogP contribution >= 0.6 is 23.5 Å². The first-order valence-corrected chi connectivity index (χ1v) is 12.3. The minimum absolute atomic E-state index is 0. The van der Waals surface area contributed by atoms with E-state index in [4.69, 9.17) is 10.5 Å². The maximum Gasteiger partial charge on any atom is 1.00 e. The Balaban J connectivity index is 0. The van der Waals surface area contributed by atoms with Crippen LogP contribution in [0.1, 0.15) is 12.6 Å². The molecule has 1 aliphatic rings. The molecule has 1 saturated heterocycles. The number of imidazole rings is 1. The Morgan fingerprint density at radius 1 is 1.14 bits per heavy atom. The van der Waals surface area contributed by atoms with Gasteiger partial charge in [0.1, 0.15) is 6.10 Å². The van der Waals surface area contributed by atoms with Crippen molar-refractivity contribution in [2.45, 2.75) is 24.9 Å². The molecule has 25 heteroatoms. The Hall–Kier alpha value is 0.870. The number of hydrogen-bond acceptors (Lipinski definition) is 16. The number of aromatic nitrogens is 4. The summed E-state index contributed by atoms with van der Waals surface area (Å²) in [5.41, 5.74) is 4.68. The Morgan fingerprint density at radius 2 is 1.74 bits per heavy atom. The average Bonchev–Trinajstić information content (AvgIpc) is 3.12. The molecule has 0 aliphatic carbocycles. The number of H-pyrrole nitrogens is 1. The number of aromatic amines is 1. The molecule has 4 N–H and O–H groups in total. The summed E-state index contributed by atoms with van der Waals surface area (Å²) in [6, 6.07) is 0. The van der Waals surface area contributed by atoms with E-state index in [0.717, 1.165) is 6.33 Å². The Kier molecular flexibility index (Phi) is 15.5. The van der Waals surface area contributed by atoms with Gasteiger partial charge in [-0.05, 0) is 0 Å². The van der Waals surface area contributed by atoms with E-state index in [1.807, 2.05) is 0 Å². The van der Waals surface area contributed by atoms with Gasteiger partial charge in [0.05, 0.1) is 26.9 Å². The van der Waals surface area contributed by atoms with Gasteiger partial charge >= 0.3 is 75.4 Å². The van der Waals surface area contributed by atoms with Crippen molar-refractivity contribution < 1.29 is 132 Å². The first-order chi connectivity index (χ1) is 14.2. The van der Waals surface area contributed by atoms with E-state index in [0.29, 0.717) is 0 Å². The molecule has 35 heavy (non-hydrogen) atoms. The molecule has 0 bridgehead atoms. The van der Waals surface area contributed by atoms with Gasteiger partial charge in [0, 0.05) is 6.42 Å². The van der Waals surface area contributed by atoms with Crippen molar-refractivity contribution in [3.8, 4) is 0 Å². The number of hydrogen-bond donors (Lipinski definition) is 3. The number of nitrogens with two attached hydrogens (primary N) is 1. The molecule has 2 aromatic rings. The summed E-state index contributed by atoms with van der Waals surface area (Å²) in [5.74, 6) is -0.235. The van der Waals surface area contributed by atoms with Gasteiger partial charge in [-0.3, -0.25) is 27.8 Å². The van der Waals surface area contributed by atoms with Gasteiger partial charge in [0.2, 0.25) is 5.95 Å². The van der Waals surface area contributed by atoms with E-state index in [1.165, 1.54) is 4.57 Å². The molecule has 3 rings (SSSR count). The fourth-order valence-corrected chi connectivity index (χ4v) is 5.56. The number of phosphoric acid groups is 3. The van der Waals surface area contributed by atoms with Gasteiger partial charge in [-0.15, -0.1) is 0 Å². The number of nitrogen functional groups attached to an aromatic ring is 1. The van der Waals surface area contributed by atoms with E-state index in [9.17, 15) is 43.2 Å². The second-order valence-electron chi connectivity index (χ2n) is 6.03. The summed E-state index contributed by atoms with van der Waals surface area (Å²) in [6.07, 6.45) is -2.69. The summed E-state index contributed by atoms with van der Waals surface area (Å²) in [5, 5.41) is 10.2. The second-order valence-corrected chi connectivity index (χ2v) is 10.3. The monoisotopic (exact) mass is 531 g/mol. The summed E-state index contributed by atoms with van der Waals surface area (Å²) in [6.45, 7) is -0.871. The Bertz CT molecular complexity index is 1190. The molecule has 1 aliphatic heterocycles. The van der Waals surface area contributed by atoms with Crippen LogP contribution < -0.4 is 106 Å². The van der Waals surface area contributed by atoms with Crippen molar-refractivity contribution >= 4 is 40.6 Å². The maximum absolute atomic E-state index is 11.8. The largest absolute Gasteiger partial charge is 1.00 e. The van der Waals surface area contributed by atoms with Gasteiger partial charge in [-0.1, -0.05) is 0 Å². The van der Waals surface area contributed by atoms with E-state index < -0.39 is 54.1 Å². The van der Waals surface area contributed by atoms with Crippen LogP contribution in [0.3, 0.4) is 0 Å². The van der Waals surface area contributed by atoms with Crippen LogP contribution in [-0.4, -0.2) is 43.4 Å². The Labute approximate surface area is 244 Å². The second kappa shape index (κ2) is 14.3. The predicted octanol–water partition coefficient (Wildman–Crippen LogP) is -15.8. The maximum atomic E-state index is 11.8. The fourth-order valence-electron chi connectivity index (χ4n) is 2.67. The molecular weight excluding hydrogens is 519 g/mol. The summed E-state index contributed by atoms with van der Waals surface area (Å²) >= 11 is 0. The third-order valence-corrected chi connectivity index (χ3v) is 7.37. The van der Waals surface area contributed by atoms with Crippen molar-refractivity contribution in [2.75, 3.05) is 12.3 Å². The normalized spacial score (nSPS) is 23.1. The van der Waals surface area contributed by atoms with Crippen LogP contribution in [-0.2, 0) is 31.6 Å². The van der Waals surface area contributed by atoms with E-state index in [-0.39, 0.29) is 99.0 Å². The number of anilines is 1. The summed E-state index contributed by atoms with van der Waals surface area (Å²) < 4.78 is 50.4. The number of ether oxygens (including phenoxy) is 1. The number of phosphoric ester groups is 1. The van der Waals surface area contributed by atoms with Crippen molar-refractivity contribution in [3.63, 3.8) is 0 Å². The molecule has 0 spiro atoms. The van der Waals surface area contributed by atoms with Crippen LogP contribution in [0.25, 0.3) is 11.2 Å². The molecule has 5 atom stereocenters. The molecule has 2 aromatic heterocycles. The van der Waals surface area contributed by atoms with Gasteiger partial charge < -0.3 is 44.2 Å². The predicted molar refractivity (Wildman–Crippen MR) is 88.0 cm³/mol. The van der Waals surface area contributed by atoms with Gasteiger partial charge in [-0.25, -0.2) is 9.29 Å². The van der Waals surface area contributed by atoms with E-state index in [2.05, 4.69) is 28.1 Å². The quantitative estimate of drug-likeness (QED) is 0.210. The number of fused-ring (bicyclic) bond motifs is 1. The number of rotatable bonds is 8. The van der Waals surface area contributed by atoms with Crippen LogP contribution in [0.4, 0.5) is 5.95 Å². The molecule has 0 amide bonds. The number of aliphatic hydroxyl groups excluding tert-OH is 1. The van der Waals surface area contributed by atoms with Crippen LogP contribution in [0, 0.1) is 0 Å². The topological polar surface area (TPSA) is 290 Å². The van der Waals surface area contributed by atoms with Crippen molar-refractivity contribution in [1.82, 2.24) is 19.5 Å². The molecule has 1 fully saturated rings. The molecule has 0 radical (unpaired) electrons. The van der Waals surface area contributed by atoms with Gasteiger partial charge in [0.15, 0.2) is 17.4 Å². The van der Waals surface area contributed by atoms with Crippen molar-refractivity contribution in [3.05, 3.63) is 16.7 Å². The zero-order chi connectivity index (χ0) is 23.2. The zero-order valence-corrected chi connectivity index (χ0v) is 21.5. The first-order valence-electron chi connectivity index (χ1n) is 7.93. The number of aliphatic hydroxyl groups is 1. The molecule has 5 unspecified atom stereocenters. The van der Waals surface area contributed by atoms with Crippen LogP contribution in [0.15, 0.2) is 11.1 Å². The molecular formula is C10H12Li4N5O13P3. The van der Waals surface area contributed by atoms with Crippen LogP contribution in [0.2, 0.25) is 0 Å². The van der Waals surface area contributed by atoms with Crippen molar-refractivity contribution in [1.29, 1.82) is 0 Å². The van der Waals surface area contributed by atoms with E-state index in [1.54, 1.807) is 0 Å². The third-order valence-electron chi connectivity index (χ3n) is 3.71. The van der Waals surface area contributed by atoms with Gasteiger partial charge in [-0.2, -0.15) is 4.98 Å². The molecule has 0 aromatic carbocycles. The molecule has 174 valence electrons. The van der Waals surface area contributed by atoms with Crippen LogP contribution in [0.5, 0.6) is 0 Å². The average molecular weight is 531 g/mol. The molecule has 3 heterocycles. The minimum atomic E-state index is -6.11. The zero-order valence-electron chi connectivity index (χ0n) is 18.8. The number of nitrogens with zero attached hydrogens (tertiary/aromatic N) is 3. The summed E-state index contributed by atoms with van der Waals surface area (Å²) in [4.78, 5) is 65.0. The van der Waals surface area contributed by atoms with Crippen molar-refractivity contribution in [2.24, 2.45) is 0 Å². The third kappa shape index (κ3) is 10.5. The molecule has 0 saturated carbocycles. The fraction of sp³-hybridized carbons (Fsp3) is 0.500. The SMILES string of the molecule is Nc1nc2c(ncn2C2OC(COP(=O)([O-])OP(=O)([O-])OP(=O)([O-])[O-])CC2O)c(=O)[nH]1.[Li+].[Li+].[Li+].[Li+]. The first kappa shape index (κ1) is 38.0. The smallest absolute Gasteiger partial charge is 0.790 e. The standard InChI is InChI=1S/C10H16N5O13P3.4Li/c11-10-13-7-6(8(17)14-10)12-3-15(7)9-5(16)1-4(26-9)2-25-30(21,22)28-31(23,24)27-29(18,19)20;;;;/h3-5,9,16H,1-2H2,(H,21,22)(H,23,24)(H2,18,19,20)(H3,11,13,14,17);;;;/q;4*+1/p-4. The number of nitrogens with one attached hydrogen (secondary N) is 1.